The molecule has 0 saturated carbocycles. The number of nitrogens with zero attached hydrogens (tertiary/aromatic N) is 2. The van der Waals surface area contributed by atoms with Crippen molar-refractivity contribution in [3.8, 4) is 0 Å². The van der Waals surface area contributed by atoms with Crippen molar-refractivity contribution in [3.63, 3.8) is 0 Å². The Kier molecular flexibility index (Phi) is 4.22. The van der Waals surface area contributed by atoms with Crippen molar-refractivity contribution in [2.45, 2.75) is 39.5 Å². The molecule has 0 unspecified atom stereocenters. The van der Waals surface area contributed by atoms with Crippen molar-refractivity contribution < 1.29 is 9.53 Å². The first-order valence-electron chi connectivity index (χ1n) is 7.52. The van der Waals surface area contributed by atoms with Gasteiger partial charge in [-0.15, -0.1) is 11.3 Å². The van der Waals surface area contributed by atoms with Gasteiger partial charge in [0.1, 0.15) is 16.7 Å². The van der Waals surface area contributed by atoms with Gasteiger partial charge in [-0.3, -0.25) is 14.5 Å². The Morgan fingerprint density at radius 2 is 2.26 bits per heavy atom. The number of primary amides is 1. The minimum absolute atomic E-state index is 0.135. The molecule has 1 aliphatic heterocycles. The minimum Gasteiger partial charge on any atom is -0.375 e. The van der Waals surface area contributed by atoms with Crippen LogP contribution in [-0.4, -0.2) is 46.1 Å². The van der Waals surface area contributed by atoms with E-state index < -0.39 is 11.9 Å². The molecule has 0 radical (unpaired) electrons. The first-order valence-corrected chi connectivity index (χ1v) is 8.34. The molecule has 1 fully saturated rings. The molecule has 1 aliphatic rings. The van der Waals surface area contributed by atoms with Crippen LogP contribution >= 0.6 is 11.3 Å². The van der Waals surface area contributed by atoms with Crippen molar-refractivity contribution in [2.75, 3.05) is 13.2 Å². The van der Waals surface area contributed by atoms with Crippen LogP contribution in [-0.2, 0) is 16.1 Å². The summed E-state index contributed by atoms with van der Waals surface area (Å²) in [6, 6.07) is -0.517. The van der Waals surface area contributed by atoms with Gasteiger partial charge in [0, 0.05) is 11.4 Å². The Morgan fingerprint density at radius 3 is 2.96 bits per heavy atom. The fraction of sp³-hybridized carbons (Fsp3) is 0.533. The van der Waals surface area contributed by atoms with Gasteiger partial charge in [0.15, 0.2) is 0 Å². The summed E-state index contributed by atoms with van der Waals surface area (Å²) in [5.74, 6) is 0.118. The van der Waals surface area contributed by atoms with Crippen LogP contribution in [0.5, 0.6) is 0 Å². The molecule has 7 nitrogen and oxygen atoms in total. The molecule has 8 heteroatoms. The zero-order chi connectivity index (χ0) is 16.7. The normalized spacial score (nSPS) is 22.6. The molecule has 23 heavy (non-hydrogen) atoms. The topological polar surface area (TPSA) is 101 Å². The number of rotatable bonds is 3. The number of fused-ring (bicyclic) bond motifs is 1. The number of morpholine rings is 1. The van der Waals surface area contributed by atoms with Gasteiger partial charge in [-0.05, 0) is 26.3 Å². The first-order chi connectivity index (χ1) is 10.9. The van der Waals surface area contributed by atoms with Gasteiger partial charge >= 0.3 is 0 Å². The molecular formula is C15H20N4O3S. The van der Waals surface area contributed by atoms with Gasteiger partial charge in [-0.1, -0.05) is 0 Å². The summed E-state index contributed by atoms with van der Waals surface area (Å²) in [5, 5.41) is 0.651. The summed E-state index contributed by atoms with van der Waals surface area (Å²) in [6.07, 6.45) is -0.275. The van der Waals surface area contributed by atoms with E-state index in [4.69, 9.17) is 10.5 Å². The molecule has 1 saturated heterocycles. The van der Waals surface area contributed by atoms with Gasteiger partial charge in [0.05, 0.1) is 24.6 Å². The number of aryl methyl sites for hydroxylation is 2. The average molecular weight is 336 g/mol. The van der Waals surface area contributed by atoms with E-state index in [1.807, 2.05) is 25.7 Å². The Hall–Kier alpha value is -1.77. The van der Waals surface area contributed by atoms with E-state index in [9.17, 15) is 9.59 Å². The molecule has 3 heterocycles. The number of amides is 1. The molecule has 124 valence electrons. The van der Waals surface area contributed by atoms with Crippen LogP contribution in [0.25, 0.3) is 10.2 Å². The lowest BCUT2D eigenvalue weighted by atomic mass is 10.1. The number of ether oxygens (including phenoxy) is 1. The van der Waals surface area contributed by atoms with E-state index in [0.717, 1.165) is 15.3 Å². The zero-order valence-corrected chi connectivity index (χ0v) is 14.2. The smallest absolute Gasteiger partial charge is 0.259 e. The quantitative estimate of drug-likeness (QED) is 0.858. The lowest BCUT2D eigenvalue weighted by Gasteiger charge is -2.37. The fourth-order valence-corrected chi connectivity index (χ4v) is 4.09. The third-order valence-electron chi connectivity index (χ3n) is 4.33. The molecule has 2 aromatic rings. The molecule has 2 aromatic heterocycles. The second-order valence-corrected chi connectivity index (χ2v) is 7.07. The van der Waals surface area contributed by atoms with E-state index >= 15 is 0 Å². The molecule has 0 aromatic carbocycles. The van der Waals surface area contributed by atoms with Crippen molar-refractivity contribution >= 4 is 27.5 Å². The number of thiophene rings is 1. The van der Waals surface area contributed by atoms with Crippen molar-refractivity contribution in [1.82, 2.24) is 14.9 Å². The number of nitrogens with one attached hydrogen (secondary N) is 1. The SMILES string of the molecule is Cc1sc2nc(CN3CCO[C@H](C)[C@H]3C(N)=O)[nH]c(=O)c2c1C. The minimum atomic E-state index is -0.517. The molecular weight excluding hydrogens is 316 g/mol. The maximum Gasteiger partial charge on any atom is 0.259 e. The zero-order valence-electron chi connectivity index (χ0n) is 13.4. The lowest BCUT2D eigenvalue weighted by molar-refractivity contribution is -0.136. The molecule has 3 N–H and O–H groups in total. The van der Waals surface area contributed by atoms with Crippen LogP contribution in [0, 0.1) is 13.8 Å². The van der Waals surface area contributed by atoms with Crippen LogP contribution in [0.2, 0.25) is 0 Å². The van der Waals surface area contributed by atoms with Crippen LogP contribution < -0.4 is 11.3 Å². The van der Waals surface area contributed by atoms with Gasteiger partial charge in [0.2, 0.25) is 5.91 Å². The number of carbonyl (C=O) groups excluding carboxylic acids is 1. The second-order valence-electron chi connectivity index (χ2n) is 5.87. The third kappa shape index (κ3) is 2.89. The van der Waals surface area contributed by atoms with Gasteiger partial charge in [-0.2, -0.15) is 0 Å². The predicted octanol–water partition coefficient (Wildman–Crippen LogP) is 0.676. The number of aromatic amines is 1. The highest BCUT2D eigenvalue weighted by Crippen LogP contribution is 2.26. The van der Waals surface area contributed by atoms with Crippen LogP contribution in [0.15, 0.2) is 4.79 Å². The Balaban J connectivity index is 1.94. The predicted molar refractivity (Wildman–Crippen MR) is 88.5 cm³/mol. The number of hydrogen-bond donors (Lipinski definition) is 2. The van der Waals surface area contributed by atoms with E-state index in [2.05, 4.69) is 9.97 Å². The van der Waals surface area contributed by atoms with Crippen molar-refractivity contribution in [1.29, 1.82) is 0 Å². The number of carbonyl (C=O) groups is 1. The van der Waals surface area contributed by atoms with Gasteiger partial charge in [-0.25, -0.2) is 4.98 Å². The summed E-state index contributed by atoms with van der Waals surface area (Å²) in [5.41, 5.74) is 6.33. The monoisotopic (exact) mass is 336 g/mol. The van der Waals surface area contributed by atoms with Crippen molar-refractivity contribution in [3.05, 3.63) is 26.6 Å². The molecule has 0 spiro atoms. The summed E-state index contributed by atoms with van der Waals surface area (Å²) < 4.78 is 5.50. The van der Waals surface area contributed by atoms with Crippen LogP contribution in [0.1, 0.15) is 23.2 Å². The van der Waals surface area contributed by atoms with Crippen LogP contribution in [0.3, 0.4) is 0 Å². The lowest BCUT2D eigenvalue weighted by Crippen LogP contribution is -2.56. The first kappa shape index (κ1) is 16.1. The average Bonchev–Trinajstić information content (AvgIpc) is 2.73. The molecule has 1 amide bonds. The highest BCUT2D eigenvalue weighted by atomic mass is 32.1. The molecule has 2 atom stereocenters. The van der Waals surface area contributed by atoms with Gasteiger partial charge < -0.3 is 15.5 Å². The number of hydrogen-bond acceptors (Lipinski definition) is 6. The maximum absolute atomic E-state index is 12.3. The third-order valence-corrected chi connectivity index (χ3v) is 5.43. The highest BCUT2D eigenvalue weighted by molar-refractivity contribution is 7.18. The Labute approximate surface area is 137 Å². The van der Waals surface area contributed by atoms with Crippen molar-refractivity contribution in [2.24, 2.45) is 5.73 Å². The summed E-state index contributed by atoms with van der Waals surface area (Å²) in [4.78, 5) is 35.2. The number of nitrogens with two attached hydrogens (primary N) is 1. The molecule has 0 aliphatic carbocycles. The Morgan fingerprint density at radius 1 is 1.52 bits per heavy atom. The number of aromatic nitrogens is 2. The standard InChI is InChI=1S/C15H20N4O3S/c1-7-9(3)23-15-11(7)14(21)17-10(18-15)6-19-4-5-22-8(2)12(19)13(16)20/h8,12H,4-6H2,1-3H3,(H2,16,20)(H,17,18,21)/t8-,12+/m1/s1. The Bertz CT molecular complexity index is 813. The number of H-pyrrole nitrogens is 1. The summed E-state index contributed by atoms with van der Waals surface area (Å²) in [7, 11) is 0. The highest BCUT2D eigenvalue weighted by Gasteiger charge is 2.34. The second kappa shape index (κ2) is 6.03. The van der Waals surface area contributed by atoms with Crippen LogP contribution in [0.4, 0.5) is 0 Å². The largest absolute Gasteiger partial charge is 0.375 e. The summed E-state index contributed by atoms with van der Waals surface area (Å²) in [6.45, 7) is 7.19. The molecule has 0 bridgehead atoms. The fourth-order valence-electron chi connectivity index (χ4n) is 3.04. The van der Waals surface area contributed by atoms with E-state index in [1.54, 1.807) is 0 Å². The summed E-state index contributed by atoms with van der Waals surface area (Å²) >= 11 is 1.51. The maximum atomic E-state index is 12.3. The van der Waals surface area contributed by atoms with E-state index in [1.165, 1.54) is 11.3 Å². The van der Waals surface area contributed by atoms with Gasteiger partial charge in [0.25, 0.3) is 5.56 Å². The van der Waals surface area contributed by atoms with E-state index in [-0.39, 0.29) is 11.7 Å². The van der Waals surface area contributed by atoms with E-state index in [0.29, 0.717) is 30.9 Å². The molecule has 3 rings (SSSR count).